The van der Waals surface area contributed by atoms with E-state index in [4.69, 9.17) is 10.8 Å². The van der Waals surface area contributed by atoms with Gasteiger partial charge in [-0.15, -0.1) is 0 Å². The van der Waals surface area contributed by atoms with E-state index in [1.54, 1.807) is 6.08 Å². The van der Waals surface area contributed by atoms with Gasteiger partial charge < -0.3 is 21.5 Å². The zero-order valence-electron chi connectivity index (χ0n) is 20.0. The van der Waals surface area contributed by atoms with E-state index in [0.29, 0.717) is 17.8 Å². The number of nitrogens with two attached hydrogens (primary N) is 1. The van der Waals surface area contributed by atoms with Crippen molar-refractivity contribution in [2.75, 3.05) is 6.54 Å². The highest BCUT2D eigenvalue weighted by Gasteiger charge is 2.60. The van der Waals surface area contributed by atoms with Crippen molar-refractivity contribution < 1.29 is 28.3 Å². The molecule has 1 heterocycles. The highest BCUT2D eigenvalue weighted by molar-refractivity contribution is 5.89. The van der Waals surface area contributed by atoms with E-state index in [-0.39, 0.29) is 47.6 Å². The lowest BCUT2D eigenvalue weighted by Crippen LogP contribution is -2.59. The van der Waals surface area contributed by atoms with Crippen LogP contribution >= 0.6 is 0 Å². The number of carbonyl (C=O) groups excluding carboxylic acids is 2. The standard InChI is InChI=1S/C25H37F2N3O4/c1-23-11-8-16-14(4-7-18-24(16,2)12-9-19(31)30-18)15(23)5-6-17(23)20(32)29-13-3-10-25(28,21(26)27)22(33)34/h9,12,14-18,21H,3-8,10-11,13,28H2,1-2H3,(H,29,32)(H,30,31)(H,33,34). The third-order valence-corrected chi connectivity index (χ3v) is 9.86. The number of aliphatic carboxylic acids is 1. The van der Waals surface area contributed by atoms with Gasteiger partial charge >= 0.3 is 5.97 Å². The van der Waals surface area contributed by atoms with Crippen LogP contribution in [0.4, 0.5) is 8.78 Å². The van der Waals surface area contributed by atoms with Crippen LogP contribution in [0.25, 0.3) is 0 Å². The molecule has 0 bridgehead atoms. The van der Waals surface area contributed by atoms with Crippen LogP contribution in [0.3, 0.4) is 0 Å². The molecule has 9 heteroatoms. The molecule has 2 amide bonds. The number of carbonyl (C=O) groups is 3. The van der Waals surface area contributed by atoms with E-state index in [1.807, 2.05) is 0 Å². The number of carboxylic acid groups (broad SMARTS) is 1. The van der Waals surface area contributed by atoms with Crippen molar-refractivity contribution in [2.24, 2.45) is 40.2 Å². The van der Waals surface area contributed by atoms with Crippen LogP contribution in [0, 0.1) is 34.5 Å². The number of alkyl halides is 2. The molecule has 0 radical (unpaired) electrons. The predicted molar refractivity (Wildman–Crippen MR) is 122 cm³/mol. The first kappa shape index (κ1) is 25.1. The summed E-state index contributed by atoms with van der Waals surface area (Å²) in [5.41, 5.74) is 2.61. The minimum Gasteiger partial charge on any atom is -0.480 e. The second-order valence-electron chi connectivity index (χ2n) is 11.4. The van der Waals surface area contributed by atoms with Gasteiger partial charge in [-0.2, -0.15) is 0 Å². The van der Waals surface area contributed by atoms with Crippen LogP contribution in [-0.2, 0) is 14.4 Å². The van der Waals surface area contributed by atoms with E-state index in [9.17, 15) is 23.2 Å². The lowest BCUT2D eigenvalue weighted by atomic mass is 9.48. The van der Waals surface area contributed by atoms with Crippen LogP contribution in [0.5, 0.6) is 0 Å². The Kier molecular flexibility index (Phi) is 6.55. The number of carboxylic acids is 1. The zero-order chi connectivity index (χ0) is 24.9. The Morgan fingerprint density at radius 3 is 2.65 bits per heavy atom. The summed E-state index contributed by atoms with van der Waals surface area (Å²) in [5, 5.41) is 15.1. The second-order valence-corrected chi connectivity index (χ2v) is 11.4. The van der Waals surface area contributed by atoms with Gasteiger partial charge in [-0.1, -0.05) is 19.9 Å². The molecule has 3 saturated carbocycles. The first-order chi connectivity index (χ1) is 15.9. The molecule has 190 valence electrons. The molecule has 0 aromatic rings. The van der Waals surface area contributed by atoms with Crippen molar-refractivity contribution in [3.8, 4) is 0 Å². The molecule has 8 atom stereocenters. The molecule has 1 aliphatic heterocycles. The number of fused-ring (bicyclic) bond motifs is 5. The summed E-state index contributed by atoms with van der Waals surface area (Å²) in [7, 11) is 0. The van der Waals surface area contributed by atoms with Gasteiger partial charge in [-0.25, -0.2) is 13.6 Å². The zero-order valence-corrected chi connectivity index (χ0v) is 20.0. The van der Waals surface area contributed by atoms with Gasteiger partial charge in [0, 0.05) is 23.9 Å². The fourth-order valence-corrected chi connectivity index (χ4v) is 7.79. The van der Waals surface area contributed by atoms with Crippen molar-refractivity contribution in [1.29, 1.82) is 0 Å². The largest absolute Gasteiger partial charge is 0.480 e. The van der Waals surface area contributed by atoms with E-state index in [0.717, 1.165) is 38.5 Å². The Hall–Kier alpha value is -2.03. The molecular formula is C25H37F2N3O4. The highest BCUT2D eigenvalue weighted by atomic mass is 19.3. The second kappa shape index (κ2) is 8.88. The minimum absolute atomic E-state index is 0.0112. The smallest absolute Gasteiger partial charge is 0.329 e. The molecule has 0 aromatic carbocycles. The van der Waals surface area contributed by atoms with Gasteiger partial charge in [0.05, 0.1) is 0 Å². The molecule has 8 unspecified atom stereocenters. The fraction of sp³-hybridized carbons (Fsp3) is 0.800. The molecule has 7 nitrogen and oxygen atoms in total. The molecule has 4 aliphatic rings. The number of halogens is 2. The van der Waals surface area contributed by atoms with Gasteiger partial charge in [0.2, 0.25) is 11.8 Å². The van der Waals surface area contributed by atoms with Gasteiger partial charge in [0.15, 0.2) is 5.54 Å². The SMILES string of the molecule is CC12C=CC(=O)NC1CCC1C2CCC2(C)C(C(=O)NCCCC(N)(C(=O)O)C(F)F)CCC12. The van der Waals surface area contributed by atoms with Crippen molar-refractivity contribution in [2.45, 2.75) is 83.2 Å². The van der Waals surface area contributed by atoms with Crippen molar-refractivity contribution in [3.05, 3.63) is 12.2 Å². The van der Waals surface area contributed by atoms with Gasteiger partial charge in [-0.3, -0.25) is 9.59 Å². The molecule has 3 fully saturated rings. The summed E-state index contributed by atoms with van der Waals surface area (Å²) >= 11 is 0. The Labute approximate surface area is 199 Å². The molecule has 0 saturated heterocycles. The summed E-state index contributed by atoms with van der Waals surface area (Å²) in [4.78, 5) is 36.1. The molecule has 4 rings (SSSR count). The summed E-state index contributed by atoms with van der Waals surface area (Å²) in [6.07, 6.45) is 6.03. The Bertz CT molecular complexity index is 882. The maximum absolute atomic E-state index is 13.1. The summed E-state index contributed by atoms with van der Waals surface area (Å²) in [6, 6.07) is 0.171. The van der Waals surface area contributed by atoms with Crippen LogP contribution in [-0.4, -0.2) is 47.4 Å². The van der Waals surface area contributed by atoms with Crippen molar-refractivity contribution in [3.63, 3.8) is 0 Å². The molecule has 0 spiro atoms. The minimum atomic E-state index is -3.17. The van der Waals surface area contributed by atoms with Crippen molar-refractivity contribution in [1.82, 2.24) is 10.6 Å². The average Bonchev–Trinajstić information content (AvgIpc) is 3.14. The number of amides is 2. The quantitative estimate of drug-likeness (QED) is 0.417. The molecular weight excluding hydrogens is 444 g/mol. The third kappa shape index (κ3) is 3.93. The first-order valence-electron chi connectivity index (χ1n) is 12.5. The lowest BCUT2D eigenvalue weighted by Gasteiger charge is -2.58. The average molecular weight is 482 g/mol. The van der Waals surface area contributed by atoms with Crippen LogP contribution < -0.4 is 16.4 Å². The Balaban J connectivity index is 1.38. The van der Waals surface area contributed by atoms with E-state index in [1.165, 1.54) is 0 Å². The highest BCUT2D eigenvalue weighted by Crippen LogP contribution is 2.65. The predicted octanol–water partition coefficient (Wildman–Crippen LogP) is 2.84. The van der Waals surface area contributed by atoms with Crippen LogP contribution in [0.1, 0.15) is 65.2 Å². The normalized spacial score (nSPS) is 40.5. The fourth-order valence-electron chi connectivity index (χ4n) is 7.79. The van der Waals surface area contributed by atoms with E-state index >= 15 is 0 Å². The molecule has 0 aromatic heterocycles. The van der Waals surface area contributed by atoms with Gasteiger partial charge in [0.1, 0.15) is 0 Å². The number of nitrogens with one attached hydrogen (secondary N) is 2. The number of rotatable bonds is 7. The Morgan fingerprint density at radius 2 is 1.97 bits per heavy atom. The summed E-state index contributed by atoms with van der Waals surface area (Å²) in [5.74, 6) is -0.516. The maximum atomic E-state index is 13.1. The number of hydrogen-bond donors (Lipinski definition) is 4. The topological polar surface area (TPSA) is 122 Å². The third-order valence-electron chi connectivity index (χ3n) is 9.86. The molecule has 34 heavy (non-hydrogen) atoms. The van der Waals surface area contributed by atoms with Crippen LogP contribution in [0.15, 0.2) is 12.2 Å². The monoisotopic (exact) mass is 481 g/mol. The van der Waals surface area contributed by atoms with Gasteiger partial charge in [-0.05, 0) is 80.6 Å². The van der Waals surface area contributed by atoms with Crippen LogP contribution in [0.2, 0.25) is 0 Å². The lowest BCUT2D eigenvalue weighted by molar-refractivity contribution is -0.150. The number of hydrogen-bond acceptors (Lipinski definition) is 4. The van der Waals surface area contributed by atoms with Crippen molar-refractivity contribution >= 4 is 17.8 Å². The summed E-state index contributed by atoms with van der Waals surface area (Å²) < 4.78 is 26.1. The van der Waals surface area contributed by atoms with E-state index < -0.39 is 24.4 Å². The maximum Gasteiger partial charge on any atom is 0.329 e. The van der Waals surface area contributed by atoms with E-state index in [2.05, 4.69) is 30.6 Å². The first-order valence-corrected chi connectivity index (χ1v) is 12.5. The van der Waals surface area contributed by atoms with Gasteiger partial charge in [0.25, 0.3) is 6.43 Å². The molecule has 5 N–H and O–H groups in total. The molecule has 3 aliphatic carbocycles. The Morgan fingerprint density at radius 1 is 1.24 bits per heavy atom. The summed E-state index contributed by atoms with van der Waals surface area (Å²) in [6.45, 7) is 4.62.